The molecule has 0 aliphatic rings. The maximum absolute atomic E-state index is 10.4. The topological polar surface area (TPSA) is 66.8 Å². The lowest BCUT2D eigenvalue weighted by Gasteiger charge is -2.13. The highest BCUT2D eigenvalue weighted by atomic mass is 31.2. The van der Waals surface area contributed by atoms with Crippen LogP contribution in [0.25, 0.3) is 0 Å². The Morgan fingerprint density at radius 2 is 2.07 bits per heavy atom. The molecule has 0 rings (SSSR count). The molecule has 2 N–H and O–H groups in total. The van der Waals surface area contributed by atoms with Crippen LogP contribution in [0, 0.1) is 5.92 Å². The summed E-state index contributed by atoms with van der Waals surface area (Å²) in [6.45, 7) is 4.77. The van der Waals surface area contributed by atoms with Gasteiger partial charge < -0.3 is 14.5 Å². The zero-order valence-electron chi connectivity index (χ0n) is 9.43. The first-order valence-corrected chi connectivity index (χ1v) is 7.02. The summed E-state index contributed by atoms with van der Waals surface area (Å²) < 4.78 is 15.5. The first kappa shape index (κ1) is 14.7. The van der Waals surface area contributed by atoms with Crippen molar-refractivity contribution < 1.29 is 19.1 Å². The molecule has 0 aliphatic heterocycles. The smallest absolute Gasteiger partial charge is 0.352 e. The Morgan fingerprint density at radius 3 is 2.53 bits per heavy atom. The minimum absolute atomic E-state index is 0.478. The molecule has 15 heavy (non-hydrogen) atoms. The van der Waals surface area contributed by atoms with E-state index in [-0.39, 0.29) is 0 Å². The van der Waals surface area contributed by atoms with E-state index in [2.05, 4.69) is 13.8 Å². The Morgan fingerprint density at radius 1 is 1.40 bits per heavy atom. The molecular formula is C10H21O4P. The first-order chi connectivity index (χ1) is 6.99. The fourth-order valence-corrected chi connectivity index (χ4v) is 1.46. The Hall–Kier alpha value is -0.310. The second-order valence-corrected chi connectivity index (χ2v) is 5.10. The van der Waals surface area contributed by atoms with E-state index >= 15 is 0 Å². The Labute approximate surface area is 91.5 Å². The number of unbranched alkanes of at least 4 members (excludes halogenated alkanes) is 1. The van der Waals surface area contributed by atoms with Crippen molar-refractivity contribution in [2.45, 2.75) is 39.5 Å². The van der Waals surface area contributed by atoms with Gasteiger partial charge in [-0.2, -0.15) is 0 Å². The number of hydrogen-bond acceptors (Lipinski definition) is 2. The van der Waals surface area contributed by atoms with Gasteiger partial charge in [-0.1, -0.05) is 33.1 Å². The molecule has 0 aliphatic carbocycles. The molecule has 4 nitrogen and oxygen atoms in total. The van der Waals surface area contributed by atoms with E-state index in [1.807, 2.05) is 0 Å². The lowest BCUT2D eigenvalue weighted by Crippen LogP contribution is -2.06. The van der Waals surface area contributed by atoms with Gasteiger partial charge in [0.1, 0.15) is 0 Å². The Bertz CT molecular complexity index is 221. The summed E-state index contributed by atoms with van der Waals surface area (Å²) in [5.41, 5.74) is 0. The van der Waals surface area contributed by atoms with Crippen LogP contribution in [-0.2, 0) is 9.30 Å². The molecule has 0 saturated heterocycles. The summed E-state index contributed by atoms with van der Waals surface area (Å²) in [6.07, 6.45) is 5.58. The monoisotopic (exact) mass is 236 g/mol. The zero-order valence-corrected chi connectivity index (χ0v) is 10.3. The van der Waals surface area contributed by atoms with Crippen molar-refractivity contribution in [3.63, 3.8) is 0 Å². The minimum Gasteiger partial charge on any atom is -0.501 e. The quantitative estimate of drug-likeness (QED) is 0.502. The fraction of sp³-hybridized carbons (Fsp3) is 0.800. The number of ether oxygens (including phenoxy) is 1. The van der Waals surface area contributed by atoms with E-state index in [4.69, 9.17) is 14.5 Å². The number of rotatable bonds is 8. The molecule has 0 aromatic carbocycles. The molecular weight excluding hydrogens is 215 g/mol. The maximum Gasteiger partial charge on any atom is 0.352 e. The van der Waals surface area contributed by atoms with E-state index < -0.39 is 7.60 Å². The Kier molecular flexibility index (Phi) is 7.75. The van der Waals surface area contributed by atoms with Crippen LogP contribution in [0.2, 0.25) is 0 Å². The van der Waals surface area contributed by atoms with Gasteiger partial charge >= 0.3 is 7.60 Å². The summed E-state index contributed by atoms with van der Waals surface area (Å²) in [6, 6.07) is 0. The van der Waals surface area contributed by atoms with Gasteiger partial charge in [-0.15, -0.1) is 0 Å². The molecule has 5 heteroatoms. The predicted molar refractivity (Wildman–Crippen MR) is 60.4 cm³/mol. The van der Waals surface area contributed by atoms with Gasteiger partial charge in [0.05, 0.1) is 18.7 Å². The van der Waals surface area contributed by atoms with Crippen LogP contribution in [0.1, 0.15) is 39.5 Å². The molecule has 1 atom stereocenters. The van der Waals surface area contributed by atoms with Crippen LogP contribution in [-0.4, -0.2) is 16.4 Å². The van der Waals surface area contributed by atoms with E-state index in [1.165, 1.54) is 6.42 Å². The van der Waals surface area contributed by atoms with E-state index in [0.717, 1.165) is 31.3 Å². The molecule has 0 fully saturated rings. The van der Waals surface area contributed by atoms with Crippen LogP contribution >= 0.6 is 7.60 Å². The van der Waals surface area contributed by atoms with Crippen LogP contribution < -0.4 is 0 Å². The van der Waals surface area contributed by atoms with E-state index in [9.17, 15) is 4.57 Å². The third-order valence-corrected chi connectivity index (χ3v) is 2.74. The van der Waals surface area contributed by atoms with Crippen molar-refractivity contribution in [2.24, 2.45) is 5.92 Å². The van der Waals surface area contributed by atoms with Crippen molar-refractivity contribution in [1.82, 2.24) is 0 Å². The van der Waals surface area contributed by atoms with Gasteiger partial charge in [0, 0.05) is 0 Å². The van der Waals surface area contributed by atoms with Crippen LogP contribution in [0.3, 0.4) is 0 Å². The molecule has 90 valence electrons. The van der Waals surface area contributed by atoms with Crippen molar-refractivity contribution in [1.29, 1.82) is 0 Å². The summed E-state index contributed by atoms with van der Waals surface area (Å²) in [4.78, 5) is 17.1. The molecule has 0 heterocycles. The van der Waals surface area contributed by atoms with Crippen molar-refractivity contribution in [3.8, 4) is 0 Å². The van der Waals surface area contributed by atoms with Crippen molar-refractivity contribution in [3.05, 3.63) is 12.1 Å². The first-order valence-electron chi connectivity index (χ1n) is 5.34. The maximum atomic E-state index is 10.4. The molecule has 0 radical (unpaired) electrons. The third kappa shape index (κ3) is 9.98. The molecule has 0 spiro atoms. The fourth-order valence-electron chi connectivity index (χ4n) is 1.21. The molecule has 0 bridgehead atoms. The van der Waals surface area contributed by atoms with Gasteiger partial charge in [0.25, 0.3) is 0 Å². The van der Waals surface area contributed by atoms with E-state index in [0.29, 0.717) is 12.5 Å². The minimum atomic E-state index is -4.06. The largest absolute Gasteiger partial charge is 0.501 e. The van der Waals surface area contributed by atoms with Crippen molar-refractivity contribution in [2.75, 3.05) is 6.61 Å². The second-order valence-electron chi connectivity index (χ2n) is 3.62. The van der Waals surface area contributed by atoms with Crippen LogP contribution in [0.5, 0.6) is 0 Å². The van der Waals surface area contributed by atoms with Crippen LogP contribution in [0.15, 0.2) is 12.1 Å². The van der Waals surface area contributed by atoms with Gasteiger partial charge in [0.2, 0.25) is 0 Å². The summed E-state index contributed by atoms with van der Waals surface area (Å²) in [5, 5.41) is 0. The molecule has 0 aromatic heterocycles. The average molecular weight is 236 g/mol. The Balaban J connectivity index is 3.72. The van der Waals surface area contributed by atoms with Gasteiger partial charge in [-0.05, 0) is 12.3 Å². The molecule has 0 aromatic rings. The zero-order chi connectivity index (χ0) is 11.7. The highest BCUT2D eigenvalue weighted by molar-refractivity contribution is 7.55. The van der Waals surface area contributed by atoms with Crippen LogP contribution in [0.4, 0.5) is 0 Å². The average Bonchev–Trinajstić information content (AvgIpc) is 2.15. The second kappa shape index (κ2) is 7.91. The van der Waals surface area contributed by atoms with Gasteiger partial charge in [-0.3, -0.25) is 4.57 Å². The molecule has 1 unspecified atom stereocenters. The molecule has 0 saturated carbocycles. The SMILES string of the molecule is CCCCC(CC)CO/C=C/P(=O)(O)O. The highest BCUT2D eigenvalue weighted by Gasteiger charge is 2.07. The lowest BCUT2D eigenvalue weighted by atomic mass is 10.0. The summed E-state index contributed by atoms with van der Waals surface area (Å²) in [5.74, 6) is 1.27. The van der Waals surface area contributed by atoms with E-state index in [1.54, 1.807) is 0 Å². The standard InChI is InChI=1S/C10H21O4P/c1-3-5-6-10(4-2)9-14-7-8-15(11,12)13/h7-8,10H,3-6,9H2,1-2H3,(H2,11,12,13)/b8-7+. The van der Waals surface area contributed by atoms with Gasteiger partial charge in [0.15, 0.2) is 0 Å². The molecule has 0 amide bonds. The van der Waals surface area contributed by atoms with Crippen molar-refractivity contribution >= 4 is 7.60 Å². The van der Waals surface area contributed by atoms with Gasteiger partial charge in [-0.25, -0.2) is 0 Å². The number of hydrogen-bond donors (Lipinski definition) is 2. The summed E-state index contributed by atoms with van der Waals surface area (Å²) >= 11 is 0. The third-order valence-electron chi connectivity index (χ3n) is 2.23. The lowest BCUT2D eigenvalue weighted by molar-refractivity contribution is 0.183. The predicted octanol–water partition coefficient (Wildman–Crippen LogP) is 2.87. The normalized spacial score (nSPS) is 14.4. The summed E-state index contributed by atoms with van der Waals surface area (Å²) in [7, 11) is -4.06. The highest BCUT2D eigenvalue weighted by Crippen LogP contribution is 2.35.